The number of nitrogens with zero attached hydrogens (tertiary/aromatic N) is 3. The first kappa shape index (κ1) is 19.6. The average molecular weight is 396 g/mol. The molecule has 0 aliphatic heterocycles. The van der Waals surface area contributed by atoms with E-state index in [1.807, 2.05) is 74.5 Å². The van der Waals surface area contributed by atoms with E-state index in [2.05, 4.69) is 35.3 Å². The Morgan fingerprint density at radius 1 is 0.867 bits per heavy atom. The van der Waals surface area contributed by atoms with E-state index < -0.39 is 0 Å². The highest BCUT2D eigenvalue weighted by atomic mass is 16.2. The van der Waals surface area contributed by atoms with Gasteiger partial charge in [-0.3, -0.25) is 4.79 Å². The van der Waals surface area contributed by atoms with Crippen molar-refractivity contribution in [2.45, 2.75) is 27.7 Å². The van der Waals surface area contributed by atoms with Crippen LogP contribution in [0.15, 0.2) is 66.7 Å². The number of aryl methyl sites for hydroxylation is 3. The summed E-state index contributed by atoms with van der Waals surface area (Å²) >= 11 is 0. The number of nitrogens with one attached hydrogen (secondary N) is 1. The Hall–Kier alpha value is -3.73. The summed E-state index contributed by atoms with van der Waals surface area (Å²) in [5.74, 6) is 0.439. The minimum Gasteiger partial charge on any atom is -0.319 e. The topological polar surface area (TPSA) is 59.8 Å². The average Bonchev–Trinajstić information content (AvgIpc) is 3.15. The van der Waals surface area contributed by atoms with Gasteiger partial charge < -0.3 is 5.32 Å². The highest BCUT2D eigenvalue weighted by Gasteiger charge is 2.20. The van der Waals surface area contributed by atoms with E-state index in [9.17, 15) is 4.79 Å². The molecule has 0 saturated carbocycles. The van der Waals surface area contributed by atoms with E-state index in [0.29, 0.717) is 5.82 Å². The second-order valence-corrected chi connectivity index (χ2v) is 7.58. The van der Waals surface area contributed by atoms with Crippen LogP contribution < -0.4 is 5.32 Å². The Kier molecular flexibility index (Phi) is 5.19. The maximum absolute atomic E-state index is 12.9. The molecule has 4 rings (SSSR count). The van der Waals surface area contributed by atoms with Gasteiger partial charge in [-0.25, -0.2) is 9.67 Å². The molecular formula is C25H24N4O. The van der Waals surface area contributed by atoms with Crippen LogP contribution in [-0.2, 0) is 0 Å². The Morgan fingerprint density at radius 2 is 1.57 bits per heavy atom. The Bertz CT molecular complexity index is 1240. The number of hydrogen-bond donors (Lipinski definition) is 1. The predicted octanol–water partition coefficient (Wildman–Crippen LogP) is 5.42. The number of amides is 1. The van der Waals surface area contributed by atoms with Crippen molar-refractivity contribution >= 4 is 11.6 Å². The van der Waals surface area contributed by atoms with Gasteiger partial charge in [0.25, 0.3) is 5.91 Å². The molecule has 0 saturated heterocycles. The van der Waals surface area contributed by atoms with Gasteiger partial charge in [0.05, 0.1) is 5.69 Å². The maximum atomic E-state index is 12.9. The van der Waals surface area contributed by atoms with Crippen molar-refractivity contribution in [1.82, 2.24) is 14.8 Å². The second kappa shape index (κ2) is 7.95. The fraction of sp³-hybridized carbons (Fsp3) is 0.160. The fourth-order valence-corrected chi connectivity index (χ4v) is 3.42. The van der Waals surface area contributed by atoms with Crippen LogP contribution in [0.4, 0.5) is 5.69 Å². The summed E-state index contributed by atoms with van der Waals surface area (Å²) in [7, 11) is 0. The first-order valence-electron chi connectivity index (χ1n) is 9.91. The zero-order valence-electron chi connectivity index (χ0n) is 17.6. The minimum absolute atomic E-state index is 0.133. The standard InChI is InChI=1S/C25H24N4O/c1-16-8-5-11-20(14-16)24-27-23(25(30)26-21-12-6-9-17(2)15-21)28-29(24)22-13-7-10-18(3)19(22)4/h5-15H,1-4H3,(H,26,30). The Balaban J connectivity index is 1.81. The summed E-state index contributed by atoms with van der Waals surface area (Å²) in [5, 5.41) is 7.50. The molecule has 0 atom stereocenters. The molecule has 1 heterocycles. The van der Waals surface area contributed by atoms with Crippen LogP contribution >= 0.6 is 0 Å². The third-order valence-electron chi connectivity index (χ3n) is 5.17. The molecule has 5 heteroatoms. The number of carbonyl (C=O) groups excluding carboxylic acids is 1. The van der Waals surface area contributed by atoms with Crippen molar-refractivity contribution in [2.24, 2.45) is 0 Å². The zero-order valence-corrected chi connectivity index (χ0v) is 17.6. The van der Waals surface area contributed by atoms with Crippen molar-refractivity contribution in [3.8, 4) is 17.1 Å². The van der Waals surface area contributed by atoms with E-state index in [1.165, 1.54) is 0 Å². The normalized spacial score (nSPS) is 10.8. The lowest BCUT2D eigenvalue weighted by molar-refractivity contribution is 0.101. The molecule has 1 amide bonds. The molecule has 4 aromatic rings. The Morgan fingerprint density at radius 3 is 2.30 bits per heavy atom. The summed E-state index contributed by atoms with van der Waals surface area (Å²) in [6, 6.07) is 21.8. The minimum atomic E-state index is -0.335. The van der Waals surface area contributed by atoms with Gasteiger partial charge >= 0.3 is 0 Å². The van der Waals surface area contributed by atoms with Gasteiger partial charge in [-0.2, -0.15) is 0 Å². The van der Waals surface area contributed by atoms with Crippen LogP contribution in [0.25, 0.3) is 17.1 Å². The van der Waals surface area contributed by atoms with Gasteiger partial charge in [-0.15, -0.1) is 5.10 Å². The molecular weight excluding hydrogens is 372 g/mol. The van der Waals surface area contributed by atoms with Gasteiger partial charge in [0, 0.05) is 11.3 Å². The molecule has 0 spiro atoms. The smallest absolute Gasteiger partial charge is 0.295 e. The molecule has 0 radical (unpaired) electrons. The summed E-state index contributed by atoms with van der Waals surface area (Å²) < 4.78 is 1.77. The molecule has 1 aromatic heterocycles. The van der Waals surface area contributed by atoms with Crippen LogP contribution in [0.3, 0.4) is 0 Å². The first-order valence-corrected chi connectivity index (χ1v) is 9.91. The number of anilines is 1. The SMILES string of the molecule is Cc1cccc(NC(=O)c2nc(-c3cccc(C)c3)n(-c3cccc(C)c3C)n2)c1. The third-order valence-corrected chi connectivity index (χ3v) is 5.17. The lowest BCUT2D eigenvalue weighted by Gasteiger charge is -2.11. The van der Waals surface area contributed by atoms with Crippen LogP contribution in [0.5, 0.6) is 0 Å². The van der Waals surface area contributed by atoms with Crippen molar-refractivity contribution in [1.29, 1.82) is 0 Å². The zero-order chi connectivity index (χ0) is 21.3. The molecule has 0 bridgehead atoms. The molecule has 0 aliphatic carbocycles. The molecule has 0 fully saturated rings. The van der Waals surface area contributed by atoms with Gasteiger partial charge in [-0.1, -0.05) is 48.0 Å². The number of benzene rings is 3. The highest BCUT2D eigenvalue weighted by molar-refractivity contribution is 6.01. The second-order valence-electron chi connectivity index (χ2n) is 7.58. The van der Waals surface area contributed by atoms with Crippen LogP contribution in [0.2, 0.25) is 0 Å². The Labute approximate surface area is 176 Å². The highest BCUT2D eigenvalue weighted by Crippen LogP contribution is 2.25. The van der Waals surface area contributed by atoms with Gasteiger partial charge in [-0.05, 0) is 68.7 Å². The van der Waals surface area contributed by atoms with Crippen molar-refractivity contribution < 1.29 is 4.79 Å². The quantitative estimate of drug-likeness (QED) is 0.501. The van der Waals surface area contributed by atoms with Crippen molar-refractivity contribution in [3.63, 3.8) is 0 Å². The lowest BCUT2D eigenvalue weighted by Crippen LogP contribution is -2.14. The van der Waals surface area contributed by atoms with Crippen LogP contribution in [-0.4, -0.2) is 20.7 Å². The largest absolute Gasteiger partial charge is 0.319 e. The van der Waals surface area contributed by atoms with E-state index in [0.717, 1.165) is 39.2 Å². The van der Waals surface area contributed by atoms with E-state index in [4.69, 9.17) is 0 Å². The number of rotatable bonds is 4. The molecule has 5 nitrogen and oxygen atoms in total. The first-order chi connectivity index (χ1) is 14.4. The molecule has 0 aliphatic rings. The van der Waals surface area contributed by atoms with E-state index in [1.54, 1.807) is 4.68 Å². The number of carbonyl (C=O) groups is 1. The van der Waals surface area contributed by atoms with Crippen LogP contribution in [0.1, 0.15) is 32.9 Å². The third kappa shape index (κ3) is 3.87. The summed E-state index contributed by atoms with van der Waals surface area (Å²) in [6.07, 6.45) is 0. The summed E-state index contributed by atoms with van der Waals surface area (Å²) in [5.41, 5.74) is 6.99. The molecule has 30 heavy (non-hydrogen) atoms. The number of hydrogen-bond acceptors (Lipinski definition) is 3. The molecule has 150 valence electrons. The van der Waals surface area contributed by atoms with E-state index >= 15 is 0 Å². The van der Waals surface area contributed by atoms with Crippen molar-refractivity contribution in [3.05, 3.63) is 94.8 Å². The number of aromatic nitrogens is 3. The van der Waals surface area contributed by atoms with Gasteiger partial charge in [0.1, 0.15) is 0 Å². The fourth-order valence-electron chi connectivity index (χ4n) is 3.42. The lowest BCUT2D eigenvalue weighted by atomic mass is 10.1. The van der Waals surface area contributed by atoms with Crippen molar-refractivity contribution in [2.75, 3.05) is 5.32 Å². The maximum Gasteiger partial charge on any atom is 0.295 e. The molecule has 3 aromatic carbocycles. The van der Waals surface area contributed by atoms with E-state index in [-0.39, 0.29) is 11.7 Å². The molecule has 1 N–H and O–H groups in total. The van der Waals surface area contributed by atoms with Crippen LogP contribution in [0, 0.1) is 27.7 Å². The predicted molar refractivity (Wildman–Crippen MR) is 120 cm³/mol. The summed E-state index contributed by atoms with van der Waals surface area (Å²) in [4.78, 5) is 17.5. The monoisotopic (exact) mass is 396 g/mol. The van der Waals surface area contributed by atoms with Gasteiger partial charge in [0.2, 0.25) is 5.82 Å². The molecule has 0 unspecified atom stereocenters. The van der Waals surface area contributed by atoms with Gasteiger partial charge in [0.15, 0.2) is 5.82 Å². The summed E-state index contributed by atoms with van der Waals surface area (Å²) in [6.45, 7) is 8.14.